The van der Waals surface area contributed by atoms with Crippen molar-refractivity contribution in [2.24, 2.45) is 0 Å². The molecule has 1 fully saturated rings. The van der Waals surface area contributed by atoms with Crippen LogP contribution in [0.25, 0.3) is 0 Å². The Bertz CT molecular complexity index is 1240. The summed E-state index contributed by atoms with van der Waals surface area (Å²) in [4.78, 5) is 32.6. The minimum Gasteiger partial charge on any atom is -0.377 e. The van der Waals surface area contributed by atoms with Gasteiger partial charge < -0.3 is 20.5 Å². The van der Waals surface area contributed by atoms with Gasteiger partial charge in [0.15, 0.2) is 0 Å². The normalized spacial score (nSPS) is 15.5. The number of anilines is 2. The van der Waals surface area contributed by atoms with Crippen molar-refractivity contribution in [3.05, 3.63) is 91.8 Å². The summed E-state index contributed by atoms with van der Waals surface area (Å²) in [6, 6.07) is 14.4. The largest absolute Gasteiger partial charge is 0.377 e. The highest BCUT2D eigenvalue weighted by Gasteiger charge is 2.16. The number of hydrogen-bond acceptors (Lipinski definition) is 5. The summed E-state index contributed by atoms with van der Waals surface area (Å²) in [5, 5.41) is 7.18. The van der Waals surface area contributed by atoms with Gasteiger partial charge in [-0.25, -0.2) is 0 Å². The number of carbonyl (C=O) groups excluding carboxylic acids is 1. The number of hydrogen-bond donors (Lipinski definition) is 3. The van der Waals surface area contributed by atoms with Crippen LogP contribution in [0.4, 0.5) is 11.4 Å². The van der Waals surface area contributed by atoms with Crippen LogP contribution < -0.4 is 16.2 Å². The van der Waals surface area contributed by atoms with Crippen molar-refractivity contribution in [1.29, 1.82) is 0 Å². The zero-order chi connectivity index (χ0) is 24.9. The third kappa shape index (κ3) is 6.64. The van der Waals surface area contributed by atoms with Gasteiger partial charge in [-0.1, -0.05) is 41.4 Å². The molecule has 2 heterocycles. The Morgan fingerprint density at radius 2 is 1.74 bits per heavy atom. The highest BCUT2D eigenvalue weighted by molar-refractivity contribution is 6.35. The number of benzene rings is 2. The van der Waals surface area contributed by atoms with Gasteiger partial charge in [-0.2, -0.15) is 0 Å². The number of aromatic amines is 1. The lowest BCUT2D eigenvalue weighted by atomic mass is 10.1. The monoisotopic (exact) mass is 513 g/mol. The molecule has 1 aliphatic rings. The molecule has 0 bridgehead atoms. The SMILES string of the molecule is C[C@@H](Nc1c[nH]c(=O)c(C(=O)Nc2ccc(CN3CCN(C)CC3)cc2)c1)c1ccc(Cl)cc1Cl. The lowest BCUT2D eigenvalue weighted by molar-refractivity contribution is 0.102. The van der Waals surface area contributed by atoms with E-state index >= 15 is 0 Å². The van der Waals surface area contributed by atoms with Crippen molar-refractivity contribution in [1.82, 2.24) is 14.8 Å². The molecule has 184 valence electrons. The molecule has 1 atom stereocenters. The second kappa shape index (κ2) is 11.3. The molecule has 3 aromatic rings. The number of carbonyl (C=O) groups is 1. The first-order valence-electron chi connectivity index (χ1n) is 11.5. The summed E-state index contributed by atoms with van der Waals surface area (Å²) in [6.07, 6.45) is 1.53. The summed E-state index contributed by atoms with van der Waals surface area (Å²) < 4.78 is 0. The maximum Gasteiger partial charge on any atom is 0.261 e. The van der Waals surface area contributed by atoms with Crippen LogP contribution in [0, 0.1) is 0 Å². The van der Waals surface area contributed by atoms with Crippen molar-refractivity contribution in [3.63, 3.8) is 0 Å². The predicted molar refractivity (Wildman–Crippen MR) is 143 cm³/mol. The second-order valence-corrected chi connectivity index (χ2v) is 9.74. The Kier molecular flexibility index (Phi) is 8.13. The number of nitrogens with one attached hydrogen (secondary N) is 3. The van der Waals surface area contributed by atoms with E-state index in [4.69, 9.17) is 23.2 Å². The topological polar surface area (TPSA) is 80.5 Å². The van der Waals surface area contributed by atoms with Crippen LogP contribution in [-0.2, 0) is 6.54 Å². The van der Waals surface area contributed by atoms with Crippen LogP contribution in [-0.4, -0.2) is 53.9 Å². The van der Waals surface area contributed by atoms with Gasteiger partial charge in [0.1, 0.15) is 5.56 Å². The van der Waals surface area contributed by atoms with Crippen LogP contribution in [0.15, 0.2) is 59.5 Å². The third-order valence-corrected chi connectivity index (χ3v) is 6.74. The molecule has 1 amide bonds. The van der Waals surface area contributed by atoms with Crippen LogP contribution in [0.1, 0.15) is 34.5 Å². The number of halogens is 2. The van der Waals surface area contributed by atoms with Crippen molar-refractivity contribution in [2.45, 2.75) is 19.5 Å². The molecular formula is C26H29Cl2N5O2. The van der Waals surface area contributed by atoms with Gasteiger partial charge in [0.2, 0.25) is 0 Å². The molecule has 0 radical (unpaired) electrons. The molecule has 0 saturated carbocycles. The molecule has 9 heteroatoms. The molecule has 0 unspecified atom stereocenters. The van der Waals surface area contributed by atoms with Gasteiger partial charge in [-0.3, -0.25) is 14.5 Å². The first-order valence-corrected chi connectivity index (χ1v) is 12.3. The highest BCUT2D eigenvalue weighted by Crippen LogP contribution is 2.28. The van der Waals surface area contributed by atoms with Gasteiger partial charge in [-0.05, 0) is 55.4 Å². The van der Waals surface area contributed by atoms with Gasteiger partial charge in [0.25, 0.3) is 11.5 Å². The van der Waals surface area contributed by atoms with E-state index in [-0.39, 0.29) is 11.6 Å². The fourth-order valence-corrected chi connectivity index (χ4v) is 4.64. The lowest BCUT2D eigenvalue weighted by Crippen LogP contribution is -2.43. The standard InChI is InChI=1S/C26H29Cl2N5O2/c1-17(22-8-5-19(27)13-24(22)28)30-21-14-23(25(34)29-15-21)26(35)31-20-6-3-18(4-7-20)16-33-11-9-32(2)10-12-33/h3-8,13-15,17,30H,9-12,16H2,1-2H3,(H,29,34)(H,31,35)/t17-/m1/s1. The van der Waals surface area contributed by atoms with E-state index in [9.17, 15) is 9.59 Å². The highest BCUT2D eigenvalue weighted by atomic mass is 35.5. The first-order chi connectivity index (χ1) is 16.8. The van der Waals surface area contributed by atoms with Crippen LogP contribution in [0.3, 0.4) is 0 Å². The number of nitrogens with zero attached hydrogens (tertiary/aromatic N) is 2. The maximum absolute atomic E-state index is 12.9. The summed E-state index contributed by atoms with van der Waals surface area (Å²) >= 11 is 12.3. The zero-order valence-electron chi connectivity index (χ0n) is 19.8. The van der Waals surface area contributed by atoms with Gasteiger partial charge in [-0.15, -0.1) is 0 Å². The third-order valence-electron chi connectivity index (χ3n) is 6.17. The van der Waals surface area contributed by atoms with Gasteiger partial charge >= 0.3 is 0 Å². The van der Waals surface area contributed by atoms with E-state index in [0.717, 1.165) is 38.3 Å². The molecule has 4 rings (SSSR count). The summed E-state index contributed by atoms with van der Waals surface area (Å²) in [6.45, 7) is 7.05. The van der Waals surface area contributed by atoms with Crippen LogP contribution in [0.2, 0.25) is 10.0 Å². The van der Waals surface area contributed by atoms with Crippen molar-refractivity contribution < 1.29 is 4.79 Å². The molecule has 1 aliphatic heterocycles. The van der Waals surface area contributed by atoms with Crippen molar-refractivity contribution in [2.75, 3.05) is 43.9 Å². The minimum absolute atomic E-state index is 0.0194. The van der Waals surface area contributed by atoms with E-state index in [1.54, 1.807) is 12.1 Å². The van der Waals surface area contributed by atoms with Crippen LogP contribution >= 0.6 is 23.2 Å². The molecular weight excluding hydrogens is 485 g/mol. The van der Waals surface area contributed by atoms with Crippen LogP contribution in [0.5, 0.6) is 0 Å². The maximum atomic E-state index is 12.9. The quantitative estimate of drug-likeness (QED) is 0.420. The van der Waals surface area contributed by atoms with Gasteiger partial charge in [0, 0.05) is 54.7 Å². The average molecular weight is 514 g/mol. The van der Waals surface area contributed by atoms with E-state index < -0.39 is 11.5 Å². The fraction of sp³-hybridized carbons (Fsp3) is 0.308. The molecule has 35 heavy (non-hydrogen) atoms. The smallest absolute Gasteiger partial charge is 0.261 e. The molecule has 7 nitrogen and oxygen atoms in total. The van der Waals surface area contributed by atoms with E-state index in [2.05, 4.69) is 32.5 Å². The summed E-state index contributed by atoms with van der Waals surface area (Å²) in [7, 11) is 2.14. The Morgan fingerprint density at radius 3 is 2.43 bits per heavy atom. The lowest BCUT2D eigenvalue weighted by Gasteiger charge is -2.32. The number of pyridine rings is 1. The molecule has 0 aliphatic carbocycles. The Hall–Kier alpha value is -2.84. The van der Waals surface area contributed by atoms with Crippen molar-refractivity contribution >= 4 is 40.5 Å². The Labute approximate surface area is 215 Å². The Balaban J connectivity index is 1.40. The molecule has 2 aromatic carbocycles. The van der Waals surface area contributed by atoms with E-state index in [1.165, 1.54) is 17.8 Å². The average Bonchev–Trinajstić information content (AvgIpc) is 2.83. The number of piperazine rings is 1. The van der Waals surface area contributed by atoms with E-state index in [0.29, 0.717) is 21.4 Å². The predicted octanol–water partition coefficient (Wildman–Crippen LogP) is 4.85. The second-order valence-electron chi connectivity index (χ2n) is 8.89. The molecule has 1 aromatic heterocycles. The van der Waals surface area contributed by atoms with Crippen molar-refractivity contribution in [3.8, 4) is 0 Å². The summed E-state index contributed by atoms with van der Waals surface area (Å²) in [5.74, 6) is -0.473. The van der Waals surface area contributed by atoms with E-state index in [1.807, 2.05) is 37.3 Å². The zero-order valence-corrected chi connectivity index (χ0v) is 21.3. The summed E-state index contributed by atoms with van der Waals surface area (Å²) in [5.41, 5.74) is 2.83. The molecule has 0 spiro atoms. The number of aromatic nitrogens is 1. The number of rotatable bonds is 7. The number of H-pyrrole nitrogens is 1. The fourth-order valence-electron chi connectivity index (χ4n) is 4.07. The number of likely N-dealkylation sites (N-methyl/N-ethyl adjacent to an activating group) is 1. The Morgan fingerprint density at radius 1 is 1.03 bits per heavy atom. The minimum atomic E-state index is -0.473. The first kappa shape index (κ1) is 25.3. The molecule has 1 saturated heterocycles. The number of amides is 1. The molecule has 3 N–H and O–H groups in total. The van der Waals surface area contributed by atoms with Gasteiger partial charge in [0.05, 0.1) is 11.7 Å².